The van der Waals surface area contributed by atoms with E-state index < -0.39 is 17.8 Å². The average Bonchev–Trinajstić information content (AvgIpc) is 2.88. The summed E-state index contributed by atoms with van der Waals surface area (Å²) >= 11 is 0. The van der Waals surface area contributed by atoms with Gasteiger partial charge in [0, 0.05) is 31.2 Å². The molecule has 2 heterocycles. The molecule has 1 aliphatic rings. The summed E-state index contributed by atoms with van der Waals surface area (Å²) in [6, 6.07) is 7.63. The number of carbonyl (C=O) groups is 3. The number of aryl methyl sites for hydroxylation is 3. The molecule has 0 radical (unpaired) electrons. The first-order chi connectivity index (χ1) is 12.6. The summed E-state index contributed by atoms with van der Waals surface area (Å²) in [5, 5.41) is 0. The summed E-state index contributed by atoms with van der Waals surface area (Å²) in [7, 11) is 2.75. The normalized spacial score (nSPS) is 15.0. The van der Waals surface area contributed by atoms with Gasteiger partial charge in [-0.25, -0.2) is 4.79 Å². The number of amides is 4. The summed E-state index contributed by atoms with van der Waals surface area (Å²) in [6.07, 6.45) is 1.57. The number of rotatable bonds is 2. The summed E-state index contributed by atoms with van der Waals surface area (Å²) in [5.41, 5.74) is 6.05. The van der Waals surface area contributed by atoms with Gasteiger partial charge in [0.25, 0.3) is 11.8 Å². The Morgan fingerprint density at radius 1 is 0.778 bits per heavy atom. The highest BCUT2D eigenvalue weighted by molar-refractivity contribution is 6.30. The van der Waals surface area contributed by atoms with Crippen molar-refractivity contribution < 1.29 is 14.4 Å². The van der Waals surface area contributed by atoms with E-state index in [2.05, 4.69) is 36.6 Å². The van der Waals surface area contributed by atoms with Crippen LogP contribution >= 0.6 is 0 Å². The Labute approximate surface area is 158 Å². The zero-order valence-corrected chi connectivity index (χ0v) is 16.5. The molecule has 0 atom stereocenters. The van der Waals surface area contributed by atoms with Crippen molar-refractivity contribution in [1.82, 2.24) is 14.4 Å². The van der Waals surface area contributed by atoms with Gasteiger partial charge in [0.2, 0.25) is 0 Å². The van der Waals surface area contributed by atoms with E-state index in [9.17, 15) is 14.4 Å². The molecule has 2 aromatic rings. The van der Waals surface area contributed by atoms with Crippen LogP contribution in [0.25, 0.3) is 11.8 Å². The maximum atomic E-state index is 12.4. The maximum Gasteiger partial charge on any atom is 0.333 e. The van der Waals surface area contributed by atoms with Crippen molar-refractivity contribution in [2.24, 2.45) is 0 Å². The number of carbonyl (C=O) groups excluding carboxylic acids is 3. The second-order valence-corrected chi connectivity index (χ2v) is 7.08. The molecule has 1 aliphatic heterocycles. The van der Waals surface area contributed by atoms with E-state index in [4.69, 9.17) is 0 Å². The number of likely N-dealkylation sites (N-methyl/N-ethyl adjacent to an activating group) is 2. The molecule has 0 saturated carbocycles. The first-order valence-corrected chi connectivity index (χ1v) is 8.71. The minimum atomic E-state index is -0.622. The lowest BCUT2D eigenvalue weighted by atomic mass is 10.1. The van der Waals surface area contributed by atoms with Crippen LogP contribution in [0.4, 0.5) is 4.79 Å². The van der Waals surface area contributed by atoms with Crippen LogP contribution in [0.1, 0.15) is 28.1 Å². The zero-order valence-electron chi connectivity index (χ0n) is 16.5. The Morgan fingerprint density at radius 3 is 1.81 bits per heavy atom. The van der Waals surface area contributed by atoms with Gasteiger partial charge in [0.1, 0.15) is 5.57 Å². The number of aromatic nitrogens is 1. The fraction of sp³-hybridized carbons (Fsp3) is 0.286. The molecule has 6 nitrogen and oxygen atoms in total. The van der Waals surface area contributed by atoms with Gasteiger partial charge in [-0.3, -0.25) is 19.4 Å². The van der Waals surface area contributed by atoms with Crippen molar-refractivity contribution in [3.63, 3.8) is 0 Å². The largest absolute Gasteiger partial charge is 0.333 e. The van der Waals surface area contributed by atoms with Crippen molar-refractivity contribution in [3.05, 3.63) is 57.9 Å². The predicted molar refractivity (Wildman–Crippen MR) is 104 cm³/mol. The van der Waals surface area contributed by atoms with Crippen LogP contribution in [0.2, 0.25) is 0 Å². The molecule has 0 N–H and O–H groups in total. The van der Waals surface area contributed by atoms with Crippen LogP contribution in [0, 0.1) is 27.7 Å². The van der Waals surface area contributed by atoms with Gasteiger partial charge in [-0.1, -0.05) is 6.07 Å². The molecule has 0 unspecified atom stereocenters. The molecule has 0 spiro atoms. The number of hydrogen-bond donors (Lipinski definition) is 0. The van der Waals surface area contributed by atoms with E-state index in [1.807, 2.05) is 19.9 Å². The maximum absolute atomic E-state index is 12.4. The van der Waals surface area contributed by atoms with Crippen LogP contribution in [-0.2, 0) is 9.59 Å². The van der Waals surface area contributed by atoms with Gasteiger partial charge in [-0.05, 0) is 68.7 Å². The number of imide groups is 2. The van der Waals surface area contributed by atoms with Gasteiger partial charge < -0.3 is 4.57 Å². The zero-order chi connectivity index (χ0) is 20.0. The Kier molecular flexibility index (Phi) is 4.51. The number of nitrogens with zero attached hydrogens (tertiary/aromatic N) is 3. The van der Waals surface area contributed by atoms with Gasteiger partial charge in [0.15, 0.2) is 0 Å². The van der Waals surface area contributed by atoms with Gasteiger partial charge in [-0.2, -0.15) is 0 Å². The Morgan fingerprint density at radius 2 is 1.30 bits per heavy atom. The summed E-state index contributed by atoms with van der Waals surface area (Å²) in [5.74, 6) is -1.17. The second-order valence-electron chi connectivity index (χ2n) is 7.08. The number of barbiturate groups is 1. The molecule has 1 aromatic heterocycles. The smallest absolute Gasteiger partial charge is 0.318 e. The highest BCUT2D eigenvalue weighted by Crippen LogP contribution is 2.26. The quantitative estimate of drug-likeness (QED) is 0.607. The molecule has 3 rings (SSSR count). The minimum absolute atomic E-state index is 0.0136. The number of urea groups is 1. The third kappa shape index (κ3) is 3.07. The van der Waals surface area contributed by atoms with Crippen molar-refractivity contribution in [3.8, 4) is 5.69 Å². The average molecular weight is 365 g/mol. The van der Waals surface area contributed by atoms with Gasteiger partial charge >= 0.3 is 6.03 Å². The Hall–Kier alpha value is -3.15. The third-order valence-corrected chi connectivity index (χ3v) is 4.88. The topological polar surface area (TPSA) is 62.6 Å². The Bertz CT molecular complexity index is 968. The molecule has 27 heavy (non-hydrogen) atoms. The summed E-state index contributed by atoms with van der Waals surface area (Å²) < 4.78 is 2.10. The highest BCUT2D eigenvalue weighted by Gasteiger charge is 2.38. The molecule has 1 aromatic carbocycles. The first kappa shape index (κ1) is 18.6. The molecule has 4 amide bonds. The van der Waals surface area contributed by atoms with Crippen LogP contribution < -0.4 is 0 Å². The summed E-state index contributed by atoms with van der Waals surface area (Å²) in [6.45, 7) is 8.04. The molecule has 140 valence electrons. The lowest BCUT2D eigenvalue weighted by molar-refractivity contribution is -0.134. The molecule has 0 bridgehead atoms. The van der Waals surface area contributed by atoms with Crippen LogP contribution in [0.15, 0.2) is 29.8 Å². The number of hydrogen-bond acceptors (Lipinski definition) is 3. The molecule has 1 saturated heterocycles. The minimum Gasteiger partial charge on any atom is -0.318 e. The molecule has 6 heteroatoms. The highest BCUT2D eigenvalue weighted by atomic mass is 16.2. The molecule has 1 fully saturated rings. The van der Waals surface area contributed by atoms with E-state index in [1.165, 1.54) is 14.1 Å². The first-order valence-electron chi connectivity index (χ1n) is 8.71. The van der Waals surface area contributed by atoms with Crippen LogP contribution in [0.3, 0.4) is 0 Å². The standard InChI is InChI=1S/C21H23N3O3/c1-12-7-13(2)9-17(8-12)24-14(3)10-16(15(24)4)11-18-19(25)22(5)21(27)23(6)20(18)26/h7-11H,1-6H3. The fourth-order valence-corrected chi connectivity index (χ4v) is 3.54. The van der Waals surface area contributed by atoms with E-state index in [0.717, 1.165) is 43.6 Å². The lowest BCUT2D eigenvalue weighted by Crippen LogP contribution is -2.52. The van der Waals surface area contributed by atoms with Crippen molar-refractivity contribution >= 4 is 23.9 Å². The Balaban J connectivity index is 2.12. The van der Waals surface area contributed by atoms with E-state index >= 15 is 0 Å². The van der Waals surface area contributed by atoms with Crippen molar-refractivity contribution in [2.75, 3.05) is 14.1 Å². The van der Waals surface area contributed by atoms with E-state index in [-0.39, 0.29) is 5.57 Å². The lowest BCUT2D eigenvalue weighted by Gasteiger charge is -2.28. The predicted octanol–water partition coefficient (Wildman–Crippen LogP) is 3.14. The van der Waals surface area contributed by atoms with Crippen molar-refractivity contribution in [2.45, 2.75) is 27.7 Å². The van der Waals surface area contributed by atoms with Gasteiger partial charge in [-0.15, -0.1) is 0 Å². The van der Waals surface area contributed by atoms with E-state index in [1.54, 1.807) is 6.08 Å². The van der Waals surface area contributed by atoms with Crippen LogP contribution in [0.5, 0.6) is 0 Å². The van der Waals surface area contributed by atoms with Gasteiger partial charge in [0.05, 0.1) is 0 Å². The van der Waals surface area contributed by atoms with Crippen LogP contribution in [-0.4, -0.2) is 46.3 Å². The number of benzene rings is 1. The third-order valence-electron chi connectivity index (χ3n) is 4.88. The molecular formula is C21H23N3O3. The fourth-order valence-electron chi connectivity index (χ4n) is 3.54. The van der Waals surface area contributed by atoms with Crippen molar-refractivity contribution in [1.29, 1.82) is 0 Å². The SMILES string of the molecule is Cc1cc(C)cc(-n2c(C)cc(C=C3C(=O)N(C)C(=O)N(C)C3=O)c2C)c1. The monoisotopic (exact) mass is 365 g/mol. The molecule has 0 aliphatic carbocycles. The van der Waals surface area contributed by atoms with E-state index in [0.29, 0.717) is 0 Å². The second kappa shape index (κ2) is 6.54. The molecular weight excluding hydrogens is 342 g/mol. The summed E-state index contributed by atoms with van der Waals surface area (Å²) in [4.78, 5) is 38.7.